The highest BCUT2D eigenvalue weighted by atomic mass is 16.6. The van der Waals surface area contributed by atoms with Gasteiger partial charge < -0.3 is 4.74 Å². The first-order valence-corrected chi connectivity index (χ1v) is 3.63. The summed E-state index contributed by atoms with van der Waals surface area (Å²) in [6.45, 7) is 8.71. The van der Waals surface area contributed by atoms with E-state index in [1.54, 1.807) is 6.92 Å². The maximum atomic E-state index is 11.0. The first-order valence-electron chi connectivity index (χ1n) is 3.63. The van der Waals surface area contributed by atoms with Gasteiger partial charge in [-0.25, -0.2) is 4.79 Å². The van der Waals surface area contributed by atoms with Gasteiger partial charge in [0.2, 0.25) is 0 Å². The molecule has 0 amide bonds. The number of quaternary nitrogens is 1. The van der Waals surface area contributed by atoms with Gasteiger partial charge in [-0.2, -0.15) is 0 Å². The molecule has 0 aromatic heterocycles. The SMILES string of the molecule is C=C(C)C(=O)OC(=C)[N+](C)(C)C. The molecule has 12 heavy (non-hydrogen) atoms. The fourth-order valence-electron chi connectivity index (χ4n) is 0.331. The number of esters is 1. The zero-order valence-electron chi connectivity index (χ0n) is 8.18. The molecule has 0 rings (SSSR count). The molecule has 0 atom stereocenters. The van der Waals surface area contributed by atoms with Crippen LogP contribution in [0.25, 0.3) is 0 Å². The minimum Gasteiger partial charge on any atom is -0.376 e. The summed E-state index contributed by atoms with van der Waals surface area (Å²) in [6.07, 6.45) is 0. The number of nitrogens with zero attached hydrogens (tertiary/aromatic N) is 1. The Bertz CT molecular complexity index is 223. The van der Waals surface area contributed by atoms with Crippen LogP contribution in [0.1, 0.15) is 6.92 Å². The molecule has 68 valence electrons. The molecule has 0 saturated heterocycles. The summed E-state index contributed by atoms with van der Waals surface area (Å²) < 4.78 is 5.32. The van der Waals surface area contributed by atoms with E-state index >= 15 is 0 Å². The monoisotopic (exact) mass is 170 g/mol. The van der Waals surface area contributed by atoms with Crippen molar-refractivity contribution in [3.63, 3.8) is 0 Å². The van der Waals surface area contributed by atoms with E-state index in [0.717, 1.165) is 0 Å². The van der Waals surface area contributed by atoms with E-state index in [9.17, 15) is 4.79 Å². The lowest BCUT2D eigenvalue weighted by Crippen LogP contribution is -2.35. The predicted octanol–water partition coefficient (Wildman–Crippen LogP) is 1.28. The Kier molecular flexibility index (Phi) is 3.22. The zero-order valence-corrected chi connectivity index (χ0v) is 8.18. The van der Waals surface area contributed by atoms with E-state index in [4.69, 9.17) is 4.74 Å². The number of carbonyl (C=O) groups is 1. The third-order valence-electron chi connectivity index (χ3n) is 1.31. The van der Waals surface area contributed by atoms with Crippen molar-refractivity contribution in [3.05, 3.63) is 24.6 Å². The third-order valence-corrected chi connectivity index (χ3v) is 1.31. The maximum Gasteiger partial charge on any atom is 0.342 e. The molecule has 0 radical (unpaired) electrons. The highest BCUT2D eigenvalue weighted by Gasteiger charge is 2.18. The highest BCUT2D eigenvalue weighted by Crippen LogP contribution is 2.08. The van der Waals surface area contributed by atoms with Crippen LogP contribution in [-0.2, 0) is 9.53 Å². The number of ether oxygens (including phenoxy) is 1. The molecule has 0 unspecified atom stereocenters. The minimum atomic E-state index is -0.423. The van der Waals surface area contributed by atoms with Crippen LogP contribution in [0, 0.1) is 0 Å². The molecule has 0 bridgehead atoms. The van der Waals surface area contributed by atoms with Crippen LogP contribution in [0.3, 0.4) is 0 Å². The Hall–Kier alpha value is -1.09. The number of hydrogen-bond donors (Lipinski definition) is 0. The van der Waals surface area contributed by atoms with E-state index in [1.807, 2.05) is 21.1 Å². The molecule has 0 fully saturated rings. The summed E-state index contributed by atoms with van der Waals surface area (Å²) in [7, 11) is 5.61. The van der Waals surface area contributed by atoms with Gasteiger partial charge in [-0.3, -0.25) is 4.48 Å². The Morgan fingerprint density at radius 1 is 1.25 bits per heavy atom. The molecule has 0 aliphatic heterocycles. The van der Waals surface area contributed by atoms with Gasteiger partial charge in [0.15, 0.2) is 0 Å². The highest BCUT2D eigenvalue weighted by molar-refractivity contribution is 5.87. The fraction of sp³-hybridized carbons (Fsp3) is 0.444. The van der Waals surface area contributed by atoms with Crippen LogP contribution in [-0.4, -0.2) is 31.6 Å². The summed E-state index contributed by atoms with van der Waals surface area (Å²) in [6, 6.07) is 0. The Morgan fingerprint density at radius 3 is 1.92 bits per heavy atom. The number of hydrogen-bond acceptors (Lipinski definition) is 2. The summed E-state index contributed by atoms with van der Waals surface area (Å²) in [5.41, 5.74) is 0.379. The Morgan fingerprint density at radius 2 is 1.67 bits per heavy atom. The van der Waals surface area contributed by atoms with Gasteiger partial charge >= 0.3 is 5.97 Å². The normalized spacial score (nSPS) is 10.7. The van der Waals surface area contributed by atoms with E-state index in [1.165, 1.54) is 0 Å². The molecule has 0 aromatic rings. The van der Waals surface area contributed by atoms with Crippen molar-refractivity contribution in [2.24, 2.45) is 0 Å². The lowest BCUT2D eigenvalue weighted by Gasteiger charge is -2.23. The van der Waals surface area contributed by atoms with Crippen LogP contribution < -0.4 is 0 Å². The fourth-order valence-corrected chi connectivity index (χ4v) is 0.331. The second-order valence-corrected chi connectivity index (χ2v) is 3.58. The van der Waals surface area contributed by atoms with Crippen molar-refractivity contribution in [3.8, 4) is 0 Å². The van der Waals surface area contributed by atoms with E-state index < -0.39 is 5.97 Å². The molecule has 0 aliphatic carbocycles. The molecule has 0 N–H and O–H groups in total. The lowest BCUT2D eigenvalue weighted by atomic mass is 10.4. The van der Waals surface area contributed by atoms with Gasteiger partial charge in [0.25, 0.3) is 5.88 Å². The molecule has 0 spiro atoms. The van der Waals surface area contributed by atoms with Gasteiger partial charge in [0.05, 0.1) is 21.1 Å². The van der Waals surface area contributed by atoms with Crippen molar-refractivity contribution in [1.82, 2.24) is 0 Å². The van der Waals surface area contributed by atoms with Crippen LogP contribution in [0.5, 0.6) is 0 Å². The quantitative estimate of drug-likeness (QED) is 0.276. The third kappa shape index (κ3) is 3.34. The van der Waals surface area contributed by atoms with Crippen molar-refractivity contribution >= 4 is 5.97 Å². The minimum absolute atomic E-state index is 0.379. The lowest BCUT2D eigenvalue weighted by molar-refractivity contribution is -0.845. The van der Waals surface area contributed by atoms with Gasteiger partial charge in [0.1, 0.15) is 0 Å². The van der Waals surface area contributed by atoms with E-state index in [2.05, 4.69) is 13.2 Å². The van der Waals surface area contributed by atoms with E-state index in [0.29, 0.717) is 15.9 Å². The number of carbonyl (C=O) groups excluding carboxylic acids is 1. The van der Waals surface area contributed by atoms with Crippen molar-refractivity contribution in [2.75, 3.05) is 21.1 Å². The molecule has 0 saturated carbocycles. The van der Waals surface area contributed by atoms with Gasteiger partial charge in [0, 0.05) is 12.2 Å². The first kappa shape index (κ1) is 10.9. The smallest absolute Gasteiger partial charge is 0.342 e. The van der Waals surface area contributed by atoms with Gasteiger partial charge in [-0.05, 0) is 6.92 Å². The second kappa shape index (κ2) is 3.54. The molecule has 0 heterocycles. The van der Waals surface area contributed by atoms with Gasteiger partial charge in [-0.15, -0.1) is 0 Å². The van der Waals surface area contributed by atoms with Crippen LogP contribution in [0.15, 0.2) is 24.6 Å². The maximum absolute atomic E-state index is 11.0. The average molecular weight is 170 g/mol. The van der Waals surface area contributed by atoms with Crippen molar-refractivity contribution in [2.45, 2.75) is 6.92 Å². The van der Waals surface area contributed by atoms with Crippen LogP contribution >= 0.6 is 0 Å². The summed E-state index contributed by atoms with van der Waals surface area (Å²) in [4.78, 5) is 11.0. The van der Waals surface area contributed by atoms with Crippen LogP contribution in [0.4, 0.5) is 0 Å². The summed E-state index contributed by atoms with van der Waals surface area (Å²) in [5, 5.41) is 0. The van der Waals surface area contributed by atoms with Gasteiger partial charge in [-0.1, -0.05) is 6.58 Å². The molecular weight excluding hydrogens is 154 g/mol. The summed E-state index contributed by atoms with van der Waals surface area (Å²) in [5.74, 6) is -0.0175. The second-order valence-electron chi connectivity index (χ2n) is 3.58. The largest absolute Gasteiger partial charge is 0.376 e. The number of rotatable bonds is 3. The van der Waals surface area contributed by atoms with E-state index in [-0.39, 0.29) is 0 Å². The predicted molar refractivity (Wildman–Crippen MR) is 48.1 cm³/mol. The van der Waals surface area contributed by atoms with Crippen LogP contribution in [0.2, 0.25) is 0 Å². The summed E-state index contributed by atoms with van der Waals surface area (Å²) >= 11 is 0. The average Bonchev–Trinajstić information content (AvgIpc) is 1.85. The topological polar surface area (TPSA) is 26.3 Å². The van der Waals surface area contributed by atoms with Crippen molar-refractivity contribution < 1.29 is 14.0 Å². The molecule has 3 heteroatoms. The zero-order chi connectivity index (χ0) is 9.94. The molecular formula is C9H16NO2+. The molecule has 0 aliphatic rings. The molecule has 0 aromatic carbocycles. The molecule has 3 nitrogen and oxygen atoms in total. The first-order chi connectivity index (χ1) is 5.25. The standard InChI is InChI=1S/C9H16NO2/c1-7(2)9(11)12-8(3)10(4,5)6/h1,3H2,2,4-6H3/q+1. The Labute approximate surface area is 73.5 Å². The van der Waals surface area contributed by atoms with Crippen molar-refractivity contribution in [1.29, 1.82) is 0 Å². The Balaban J connectivity index is 4.21.